The van der Waals surface area contributed by atoms with Gasteiger partial charge in [0.2, 0.25) is 0 Å². The first kappa shape index (κ1) is 49.6. The highest BCUT2D eigenvalue weighted by Crippen LogP contribution is 2.40. The second-order valence-corrected chi connectivity index (χ2v) is 23.1. The summed E-state index contributed by atoms with van der Waals surface area (Å²) in [6, 6.07) is 33.2. The van der Waals surface area contributed by atoms with Crippen LogP contribution in [-0.4, -0.2) is 113 Å². The van der Waals surface area contributed by atoms with Gasteiger partial charge in [-0.15, -0.1) is 0 Å². The van der Waals surface area contributed by atoms with E-state index in [4.69, 9.17) is 46.7 Å². The standard InChI is InChI=1S/2C26H34B2O6/c2*1-25(2,3)16-7-11-18(12-8-16)27-31-20(15-29)21-22(32-27)23-24(30-21)34-28(33-23)19-13-9-17(10-14-19)26(4,5)6/h2*7-14,20-24,29H,15H2,1-6H3/t2*20-,21-,22+,23-,24-/m11/s1. The average molecular weight is 928 g/mol. The van der Waals surface area contributed by atoms with Crippen molar-refractivity contribution in [1.29, 1.82) is 0 Å². The minimum absolute atomic E-state index is 0.0627. The smallest absolute Gasteiger partial charge is 0.399 e. The Labute approximate surface area is 404 Å². The Kier molecular flexibility index (Phi) is 13.9. The Hall–Kier alpha value is -3.34. The number of ether oxygens (including phenoxy) is 2. The molecule has 0 aliphatic carbocycles. The average Bonchev–Trinajstić information content (AvgIpc) is 4.08. The molecule has 0 spiro atoms. The van der Waals surface area contributed by atoms with E-state index in [1.165, 1.54) is 22.3 Å². The molecule has 10 atom stereocenters. The minimum Gasteiger partial charge on any atom is -0.399 e. The Bertz CT molecular complexity index is 2160. The summed E-state index contributed by atoms with van der Waals surface area (Å²) in [5.41, 5.74) is 8.97. The Morgan fingerprint density at radius 2 is 0.559 bits per heavy atom. The van der Waals surface area contributed by atoms with E-state index in [1.807, 2.05) is 48.5 Å². The predicted molar refractivity (Wildman–Crippen MR) is 265 cm³/mol. The van der Waals surface area contributed by atoms with Crippen LogP contribution in [0.15, 0.2) is 97.1 Å². The van der Waals surface area contributed by atoms with Gasteiger partial charge in [-0.25, -0.2) is 0 Å². The number of benzene rings is 4. The fourth-order valence-electron chi connectivity index (χ4n) is 9.61. The molecule has 0 bridgehead atoms. The molecule has 6 heterocycles. The lowest BCUT2D eigenvalue weighted by atomic mass is 9.74. The fraction of sp³-hybridized carbons (Fsp3) is 0.538. The summed E-state index contributed by atoms with van der Waals surface area (Å²) in [4.78, 5) is 0. The number of hydrogen-bond acceptors (Lipinski definition) is 12. The third-order valence-corrected chi connectivity index (χ3v) is 13.9. The summed E-state index contributed by atoms with van der Waals surface area (Å²) in [7, 11) is -2.26. The van der Waals surface area contributed by atoms with Crippen molar-refractivity contribution in [3.8, 4) is 0 Å². The molecule has 0 saturated carbocycles. The summed E-state index contributed by atoms with van der Waals surface area (Å²) >= 11 is 0. The molecule has 360 valence electrons. The largest absolute Gasteiger partial charge is 0.496 e. The molecule has 6 aliphatic rings. The second-order valence-electron chi connectivity index (χ2n) is 23.1. The SMILES string of the molecule is CC(C)(C)c1ccc(B2O[C@H]3O[C@H]4[C@H](OB(c5ccc(C(C)(C)C)cc5)O[C@@H]4CO)[C@H]3O2)cc1.CC(C)(C)c1ccc(B2O[C@H]3O[C@H]4[C@H](OB(c5ccc(C(C)(C)C)cc5)O[C@@H]4CO)[C@H]3O2)cc1. The van der Waals surface area contributed by atoms with Gasteiger partial charge in [0.25, 0.3) is 0 Å². The van der Waals surface area contributed by atoms with Crippen LogP contribution in [0.3, 0.4) is 0 Å². The third-order valence-electron chi connectivity index (χ3n) is 13.9. The monoisotopic (exact) mass is 929 g/mol. The maximum atomic E-state index is 10.00. The molecule has 6 aliphatic heterocycles. The molecule has 6 saturated heterocycles. The summed E-state index contributed by atoms with van der Waals surface area (Å²) in [5.74, 6) is 0. The van der Waals surface area contributed by atoms with E-state index in [0.29, 0.717) is 0 Å². The lowest BCUT2D eigenvalue weighted by Crippen LogP contribution is -2.58. The van der Waals surface area contributed by atoms with Crippen molar-refractivity contribution in [3.05, 3.63) is 119 Å². The van der Waals surface area contributed by atoms with Gasteiger partial charge in [-0.05, 0) is 65.8 Å². The molecule has 10 rings (SSSR count). The highest BCUT2D eigenvalue weighted by atomic mass is 16.8. The van der Waals surface area contributed by atoms with E-state index in [1.54, 1.807) is 0 Å². The van der Waals surface area contributed by atoms with Crippen LogP contribution in [-0.2, 0) is 68.4 Å². The summed E-state index contributed by atoms with van der Waals surface area (Å²) in [6.45, 7) is 25.9. The van der Waals surface area contributed by atoms with Crippen molar-refractivity contribution < 1.29 is 56.9 Å². The van der Waals surface area contributed by atoms with Crippen molar-refractivity contribution in [2.24, 2.45) is 0 Å². The Balaban J connectivity index is 0.000000170. The predicted octanol–water partition coefficient (Wildman–Crippen LogP) is 4.58. The maximum absolute atomic E-state index is 10.00. The first-order chi connectivity index (χ1) is 32.1. The maximum Gasteiger partial charge on any atom is 0.496 e. The molecule has 2 N–H and O–H groups in total. The molecular formula is C52H68B4O12. The Morgan fingerprint density at radius 1 is 0.324 bits per heavy atom. The Morgan fingerprint density at radius 3 is 0.794 bits per heavy atom. The fourth-order valence-corrected chi connectivity index (χ4v) is 9.61. The molecule has 16 heteroatoms. The number of rotatable bonds is 6. The molecule has 68 heavy (non-hydrogen) atoms. The molecular weight excluding hydrogens is 860 g/mol. The van der Waals surface area contributed by atoms with Gasteiger partial charge < -0.3 is 56.9 Å². The summed E-state index contributed by atoms with van der Waals surface area (Å²) in [6.07, 6.45) is -4.67. The second kappa shape index (κ2) is 19.0. The zero-order valence-corrected chi connectivity index (χ0v) is 41.7. The number of aliphatic hydroxyl groups excluding tert-OH is 2. The van der Waals surface area contributed by atoms with Gasteiger partial charge in [0, 0.05) is 0 Å². The quantitative estimate of drug-likeness (QED) is 0.263. The first-order valence-corrected chi connectivity index (χ1v) is 24.3. The van der Waals surface area contributed by atoms with E-state index in [9.17, 15) is 10.2 Å². The molecule has 0 aromatic heterocycles. The molecule has 0 amide bonds. The highest BCUT2D eigenvalue weighted by molar-refractivity contribution is 6.63. The van der Waals surface area contributed by atoms with Crippen LogP contribution < -0.4 is 21.9 Å². The van der Waals surface area contributed by atoms with Gasteiger partial charge >= 0.3 is 28.5 Å². The van der Waals surface area contributed by atoms with Crippen molar-refractivity contribution in [2.75, 3.05) is 13.2 Å². The normalized spacial score (nSPS) is 29.3. The van der Waals surface area contributed by atoms with Crippen LogP contribution >= 0.6 is 0 Å². The van der Waals surface area contributed by atoms with Crippen molar-refractivity contribution in [2.45, 2.75) is 166 Å². The van der Waals surface area contributed by atoms with Crippen LogP contribution in [0.2, 0.25) is 0 Å². The van der Waals surface area contributed by atoms with Gasteiger partial charge in [0.1, 0.15) is 36.6 Å². The third kappa shape index (κ3) is 10.2. The molecule has 4 aromatic rings. The van der Waals surface area contributed by atoms with Gasteiger partial charge in [-0.1, -0.05) is 180 Å². The number of fused-ring (bicyclic) bond motifs is 6. The molecule has 0 unspecified atom stereocenters. The van der Waals surface area contributed by atoms with Crippen LogP contribution in [0.25, 0.3) is 0 Å². The van der Waals surface area contributed by atoms with Crippen LogP contribution in [0.5, 0.6) is 0 Å². The topological polar surface area (TPSA) is 133 Å². The van der Waals surface area contributed by atoms with Crippen LogP contribution in [0.1, 0.15) is 105 Å². The molecule has 0 radical (unpaired) electrons. The van der Waals surface area contributed by atoms with Crippen molar-refractivity contribution >= 4 is 50.3 Å². The number of hydrogen-bond donors (Lipinski definition) is 2. The van der Waals surface area contributed by atoms with Gasteiger partial charge in [-0.2, -0.15) is 0 Å². The zero-order chi connectivity index (χ0) is 48.5. The van der Waals surface area contributed by atoms with Crippen LogP contribution in [0.4, 0.5) is 0 Å². The van der Waals surface area contributed by atoms with Gasteiger partial charge in [0.05, 0.1) is 25.4 Å². The van der Waals surface area contributed by atoms with Crippen molar-refractivity contribution in [3.63, 3.8) is 0 Å². The van der Waals surface area contributed by atoms with Crippen LogP contribution in [0, 0.1) is 0 Å². The zero-order valence-electron chi connectivity index (χ0n) is 41.7. The summed E-state index contributed by atoms with van der Waals surface area (Å²) in [5, 5.41) is 20.0. The molecule has 12 nitrogen and oxygen atoms in total. The van der Waals surface area contributed by atoms with Gasteiger partial charge in [0.15, 0.2) is 12.6 Å². The van der Waals surface area contributed by atoms with E-state index in [-0.39, 0.29) is 34.9 Å². The van der Waals surface area contributed by atoms with E-state index < -0.39 is 89.9 Å². The number of aliphatic hydroxyl groups is 2. The molecule has 6 fully saturated rings. The van der Waals surface area contributed by atoms with Crippen molar-refractivity contribution in [1.82, 2.24) is 0 Å². The highest BCUT2D eigenvalue weighted by Gasteiger charge is 2.61. The van der Waals surface area contributed by atoms with E-state index in [0.717, 1.165) is 21.9 Å². The van der Waals surface area contributed by atoms with E-state index >= 15 is 0 Å². The first-order valence-electron chi connectivity index (χ1n) is 24.3. The minimum atomic E-state index is -0.608. The summed E-state index contributed by atoms with van der Waals surface area (Å²) < 4.78 is 61.9. The van der Waals surface area contributed by atoms with Gasteiger partial charge in [-0.3, -0.25) is 0 Å². The lowest BCUT2D eigenvalue weighted by molar-refractivity contribution is -0.137. The molecule has 4 aromatic carbocycles. The van der Waals surface area contributed by atoms with E-state index in [2.05, 4.69) is 132 Å². The lowest BCUT2D eigenvalue weighted by Gasteiger charge is -2.37.